The lowest BCUT2D eigenvalue weighted by Crippen LogP contribution is -2.33. The molecule has 0 radical (unpaired) electrons. The zero-order valence-electron chi connectivity index (χ0n) is 23.9. The molecule has 2 aromatic carbocycles. The number of dihydropyridines is 1. The Morgan fingerprint density at radius 2 is 1.74 bits per heavy atom. The minimum atomic E-state index is -1.18. The van der Waals surface area contributed by atoms with E-state index in [-0.39, 0.29) is 23.3 Å². The molecular weight excluding hydrogens is 478 g/mol. The van der Waals surface area contributed by atoms with Crippen molar-refractivity contribution in [3.63, 3.8) is 0 Å². The van der Waals surface area contributed by atoms with Gasteiger partial charge < -0.3 is 9.84 Å². The third kappa shape index (κ3) is 3.04. The van der Waals surface area contributed by atoms with E-state index in [4.69, 9.17) is 9.73 Å². The van der Waals surface area contributed by atoms with Gasteiger partial charge in [0.15, 0.2) is 5.79 Å². The molecule has 200 valence electrons. The molecule has 3 heteroatoms. The van der Waals surface area contributed by atoms with Gasteiger partial charge in [-0.15, -0.1) is 0 Å². The van der Waals surface area contributed by atoms with Gasteiger partial charge in [-0.3, -0.25) is 4.99 Å². The van der Waals surface area contributed by atoms with Crippen molar-refractivity contribution in [1.29, 1.82) is 0 Å². The van der Waals surface area contributed by atoms with Crippen molar-refractivity contribution < 1.29 is 9.84 Å². The molecular formula is C36H39NO2. The monoisotopic (exact) mass is 517 g/mol. The van der Waals surface area contributed by atoms with Crippen molar-refractivity contribution in [2.75, 3.05) is 7.11 Å². The first kappa shape index (κ1) is 24.1. The number of allylic oxidation sites excluding steroid dienone is 6. The molecule has 0 amide bonds. The lowest BCUT2D eigenvalue weighted by molar-refractivity contribution is -0.113. The lowest BCUT2D eigenvalue weighted by Gasteiger charge is -2.39. The molecule has 1 aliphatic heterocycles. The first-order chi connectivity index (χ1) is 18.6. The summed E-state index contributed by atoms with van der Waals surface area (Å²) in [7, 11) is 1.67. The summed E-state index contributed by atoms with van der Waals surface area (Å²) in [6.45, 7) is 11.4. The zero-order chi connectivity index (χ0) is 27.0. The van der Waals surface area contributed by atoms with Gasteiger partial charge >= 0.3 is 0 Å². The van der Waals surface area contributed by atoms with E-state index in [9.17, 15) is 5.11 Å². The fraction of sp³-hybridized carbons (Fsp3) is 0.472. The highest BCUT2D eigenvalue weighted by Gasteiger charge is 2.71. The molecule has 5 aliphatic carbocycles. The van der Waals surface area contributed by atoms with Crippen LogP contribution in [-0.4, -0.2) is 29.8 Å². The van der Waals surface area contributed by atoms with E-state index >= 15 is 0 Å². The number of aliphatic hydroxyl groups is 1. The van der Waals surface area contributed by atoms with Crippen LogP contribution in [0.2, 0.25) is 0 Å². The summed E-state index contributed by atoms with van der Waals surface area (Å²) in [5.74, 6) is 1.12. The molecule has 39 heavy (non-hydrogen) atoms. The van der Waals surface area contributed by atoms with Crippen molar-refractivity contribution in [3.8, 4) is 0 Å². The average molecular weight is 518 g/mol. The minimum Gasteiger partial charge on any atom is -0.364 e. The van der Waals surface area contributed by atoms with Gasteiger partial charge in [0, 0.05) is 24.7 Å². The standard InChI is InChI=1S/C36H39NO2/c1-18-11-13-21-20(15-18)12-14-24-25(21)17-28-31(24)32-26-16-27(35(3,4)5)22-9-7-8-10-23(22)30(26)34-33(36(34,38)39-6)29(32)19(2)37-28/h7-16,20-21,24-25,28,31,33-34,38H,17H2,1-6H3. The van der Waals surface area contributed by atoms with E-state index in [1.165, 1.54) is 44.2 Å². The Labute approximate surface area is 232 Å². The molecule has 0 spiro atoms. The second kappa shape index (κ2) is 7.71. The van der Waals surface area contributed by atoms with Crippen LogP contribution in [0.5, 0.6) is 0 Å². The maximum absolute atomic E-state index is 11.9. The molecule has 8 rings (SSSR count). The molecule has 0 saturated heterocycles. The minimum absolute atomic E-state index is 0.00220. The largest absolute Gasteiger partial charge is 0.364 e. The predicted octanol–water partition coefficient (Wildman–Crippen LogP) is 7.37. The summed E-state index contributed by atoms with van der Waals surface area (Å²) < 4.78 is 5.93. The number of ether oxygens (including phenoxy) is 1. The number of aliphatic imine (C=N–C) groups is 1. The third-order valence-corrected chi connectivity index (χ3v) is 11.0. The number of hydrogen-bond acceptors (Lipinski definition) is 3. The number of fused-ring (bicyclic) bond motifs is 13. The fourth-order valence-electron chi connectivity index (χ4n) is 9.37. The maximum atomic E-state index is 11.9. The first-order valence-corrected chi connectivity index (χ1v) is 14.8. The van der Waals surface area contributed by atoms with Gasteiger partial charge in [-0.1, -0.05) is 81.0 Å². The smallest absolute Gasteiger partial charge is 0.180 e. The van der Waals surface area contributed by atoms with Crippen LogP contribution in [-0.2, 0) is 10.2 Å². The number of rotatable bonds is 1. The lowest BCUT2D eigenvalue weighted by atomic mass is 9.65. The summed E-state index contributed by atoms with van der Waals surface area (Å²) >= 11 is 0. The van der Waals surface area contributed by atoms with Crippen molar-refractivity contribution in [2.45, 2.75) is 64.2 Å². The van der Waals surface area contributed by atoms with Crippen molar-refractivity contribution in [1.82, 2.24) is 0 Å². The van der Waals surface area contributed by atoms with Gasteiger partial charge in [-0.25, -0.2) is 0 Å². The molecule has 1 N–H and O–H groups in total. The fourth-order valence-corrected chi connectivity index (χ4v) is 9.37. The van der Waals surface area contributed by atoms with Crippen LogP contribution in [0, 0.1) is 35.5 Å². The van der Waals surface area contributed by atoms with Crippen molar-refractivity contribution in [2.24, 2.45) is 40.5 Å². The number of nitrogens with zero attached hydrogens (tertiary/aromatic N) is 1. The molecule has 2 aromatic rings. The van der Waals surface area contributed by atoms with Gasteiger partial charge in [-0.2, -0.15) is 0 Å². The molecule has 2 saturated carbocycles. The van der Waals surface area contributed by atoms with Gasteiger partial charge in [0.1, 0.15) is 0 Å². The third-order valence-electron chi connectivity index (χ3n) is 11.0. The van der Waals surface area contributed by atoms with E-state index in [1.54, 1.807) is 7.11 Å². The number of benzene rings is 2. The number of hydrogen-bond donors (Lipinski definition) is 1. The Balaban J connectivity index is 1.40. The molecule has 1 heterocycles. The number of methoxy groups -OCH3 is 1. The van der Waals surface area contributed by atoms with Gasteiger partial charge in [0.25, 0.3) is 0 Å². The second-order valence-corrected chi connectivity index (χ2v) is 14.0. The molecule has 0 aromatic heterocycles. The summed E-state index contributed by atoms with van der Waals surface area (Å²) in [6, 6.07) is 11.6. The molecule has 3 nitrogen and oxygen atoms in total. The Bertz CT molecular complexity index is 1600. The molecule has 6 aliphatic rings. The van der Waals surface area contributed by atoms with Crippen LogP contribution in [0.25, 0.3) is 16.3 Å². The molecule has 9 unspecified atom stereocenters. The van der Waals surface area contributed by atoms with E-state index in [0.29, 0.717) is 29.6 Å². The van der Waals surface area contributed by atoms with Crippen molar-refractivity contribution in [3.05, 3.63) is 88.5 Å². The average Bonchev–Trinajstić information content (AvgIpc) is 3.34. The van der Waals surface area contributed by atoms with E-state index in [1.807, 2.05) is 0 Å². The van der Waals surface area contributed by atoms with Crippen molar-refractivity contribution >= 4 is 22.1 Å². The Morgan fingerprint density at radius 1 is 0.974 bits per heavy atom. The van der Waals surface area contributed by atoms with Gasteiger partial charge in [-0.05, 0) is 88.1 Å². The van der Waals surface area contributed by atoms with Gasteiger partial charge in [0.05, 0.1) is 17.9 Å². The highest BCUT2D eigenvalue weighted by molar-refractivity contribution is 6.11. The van der Waals surface area contributed by atoms with Crippen LogP contribution < -0.4 is 0 Å². The topological polar surface area (TPSA) is 41.8 Å². The Kier molecular flexibility index (Phi) is 4.76. The highest BCUT2D eigenvalue weighted by Crippen LogP contribution is 2.70. The quantitative estimate of drug-likeness (QED) is 0.317. The van der Waals surface area contributed by atoms with Crippen LogP contribution >= 0.6 is 0 Å². The predicted molar refractivity (Wildman–Crippen MR) is 159 cm³/mol. The highest BCUT2D eigenvalue weighted by atomic mass is 16.6. The molecule has 9 atom stereocenters. The second-order valence-electron chi connectivity index (χ2n) is 14.0. The van der Waals surface area contributed by atoms with E-state index in [2.05, 4.69) is 95.3 Å². The Hall–Kier alpha value is -2.75. The first-order valence-electron chi connectivity index (χ1n) is 14.8. The van der Waals surface area contributed by atoms with Crippen LogP contribution in [0.4, 0.5) is 0 Å². The van der Waals surface area contributed by atoms with Gasteiger partial charge in [0.2, 0.25) is 0 Å². The SMILES string of the molecule is COC1(O)C2C3=C(c4cc(C(C)(C)C)c5ccccc5c4C21)C1C(CC2C4C=CC(C)=CC4C=CC21)N=C3C. The van der Waals surface area contributed by atoms with E-state index in [0.717, 1.165) is 12.1 Å². The summed E-state index contributed by atoms with van der Waals surface area (Å²) in [5.41, 5.74) is 9.21. The molecule has 2 fully saturated rings. The summed E-state index contributed by atoms with van der Waals surface area (Å²) in [5, 5.41) is 14.5. The maximum Gasteiger partial charge on any atom is 0.180 e. The summed E-state index contributed by atoms with van der Waals surface area (Å²) in [6.07, 6.45) is 13.4. The zero-order valence-corrected chi connectivity index (χ0v) is 23.9. The molecule has 0 bridgehead atoms. The van der Waals surface area contributed by atoms with E-state index < -0.39 is 5.79 Å². The van der Waals surface area contributed by atoms with Crippen LogP contribution in [0.15, 0.2) is 76.9 Å². The Morgan fingerprint density at radius 3 is 2.49 bits per heavy atom. The van der Waals surface area contributed by atoms with Crippen LogP contribution in [0.1, 0.15) is 63.6 Å². The normalized spacial score (nSPS) is 39.3. The summed E-state index contributed by atoms with van der Waals surface area (Å²) in [4.78, 5) is 5.41. The van der Waals surface area contributed by atoms with Crippen LogP contribution in [0.3, 0.4) is 0 Å².